The van der Waals surface area contributed by atoms with Crippen LogP contribution in [-0.2, 0) is 22.6 Å². The van der Waals surface area contributed by atoms with Crippen LogP contribution in [0.5, 0.6) is 11.5 Å². The van der Waals surface area contributed by atoms with Crippen LogP contribution in [0.2, 0.25) is 5.02 Å². The average Bonchev–Trinajstić information content (AvgIpc) is 3.13. The highest BCUT2D eigenvalue weighted by molar-refractivity contribution is 6.33. The number of benzene rings is 1. The number of rotatable bonds is 1. The monoisotopic (exact) mass is 416 g/mol. The number of nitrogen functional groups attached to an aromatic ring is 1. The Balaban J connectivity index is 0.000000755. The molecular weight excluding hydrogens is 400 g/mol. The molecule has 2 aliphatic rings. The number of carbonyl (C=O) groups excluding carboxylic acids is 1. The summed E-state index contributed by atoms with van der Waals surface area (Å²) in [7, 11) is 0. The summed E-state index contributed by atoms with van der Waals surface area (Å²) < 4.78 is 10.8. The van der Waals surface area contributed by atoms with E-state index in [4.69, 9.17) is 36.7 Å². The molecule has 2 aliphatic heterocycles. The molecule has 0 atom stereocenters. The van der Waals surface area contributed by atoms with Crippen molar-refractivity contribution in [2.75, 3.05) is 19.1 Å². The van der Waals surface area contributed by atoms with Gasteiger partial charge in [-0.15, -0.1) is 0 Å². The number of pyridine rings is 1. The molecule has 4 rings (SSSR count). The maximum absolute atomic E-state index is 11.9. The predicted molar refractivity (Wildman–Crippen MR) is 103 cm³/mol. The van der Waals surface area contributed by atoms with E-state index >= 15 is 0 Å². The van der Waals surface area contributed by atoms with E-state index in [1.165, 1.54) is 6.92 Å². The zero-order valence-electron chi connectivity index (χ0n) is 15.4. The van der Waals surface area contributed by atoms with Crippen molar-refractivity contribution in [3.63, 3.8) is 0 Å². The summed E-state index contributed by atoms with van der Waals surface area (Å²) in [5.74, 6) is 1.23. The van der Waals surface area contributed by atoms with Gasteiger partial charge in [0.15, 0.2) is 11.5 Å². The minimum atomic E-state index is -0.250. The highest BCUT2D eigenvalue weighted by Crippen LogP contribution is 2.44. The number of amides is 1. The smallest absolute Gasteiger partial charge is 0.290 e. The van der Waals surface area contributed by atoms with Crippen molar-refractivity contribution in [3.05, 3.63) is 34.0 Å². The van der Waals surface area contributed by atoms with Gasteiger partial charge < -0.3 is 25.2 Å². The number of aromatic nitrogens is 1. The van der Waals surface area contributed by atoms with Crippen molar-refractivity contribution in [2.24, 2.45) is 0 Å². The molecule has 150 valence electrons. The van der Waals surface area contributed by atoms with Crippen LogP contribution >= 0.6 is 11.6 Å². The quantitative estimate of drug-likeness (QED) is 0.674. The molecule has 0 aliphatic carbocycles. The Morgan fingerprint density at radius 1 is 1.41 bits per heavy atom. The Kier molecular flexibility index (Phi) is 5.75. The second kappa shape index (κ2) is 8.24. The summed E-state index contributed by atoms with van der Waals surface area (Å²) >= 11 is 6.48. The number of carboxylic acid groups (broad SMARTS) is 1. The van der Waals surface area contributed by atoms with E-state index in [0.717, 1.165) is 11.3 Å². The lowest BCUT2D eigenvalue weighted by atomic mass is 9.90. The Bertz CT molecular complexity index is 1030. The van der Waals surface area contributed by atoms with Crippen molar-refractivity contribution in [3.8, 4) is 28.7 Å². The lowest BCUT2D eigenvalue weighted by molar-refractivity contribution is -0.129. The van der Waals surface area contributed by atoms with Crippen LogP contribution in [0.3, 0.4) is 0 Å². The van der Waals surface area contributed by atoms with Gasteiger partial charge >= 0.3 is 0 Å². The van der Waals surface area contributed by atoms with E-state index < -0.39 is 0 Å². The van der Waals surface area contributed by atoms with Crippen molar-refractivity contribution >= 4 is 29.8 Å². The van der Waals surface area contributed by atoms with E-state index in [1.54, 1.807) is 17.0 Å². The molecule has 29 heavy (non-hydrogen) atoms. The molecule has 0 unspecified atom stereocenters. The molecule has 0 saturated carbocycles. The normalized spacial score (nSPS) is 13.6. The molecule has 0 fully saturated rings. The first-order chi connectivity index (χ1) is 13.9. The SMILES string of the molecule is CC(=O)N1CCc2nc(N)c(C#N)c(-c3cc4c(cc3Cl)OCO4)c2C1.O=CO. The first-order valence-electron chi connectivity index (χ1n) is 8.55. The van der Waals surface area contributed by atoms with Crippen LogP contribution in [0.4, 0.5) is 5.82 Å². The molecule has 10 heteroatoms. The third kappa shape index (κ3) is 3.75. The number of nitrogens with two attached hydrogens (primary N) is 1. The maximum atomic E-state index is 11.9. The minimum Gasteiger partial charge on any atom is -0.483 e. The standard InChI is InChI=1S/C18H15ClN4O3.CH2O2/c1-9(24)23-3-2-14-12(7-23)17(11(6-20)18(21)22-14)10-4-15-16(5-13(10)19)26-8-25-15;2-1-3/h4-5H,2-3,7-8H2,1H3,(H2,21,22);1H,(H,2,3). The molecule has 3 N–H and O–H groups in total. The molecule has 1 amide bonds. The summed E-state index contributed by atoms with van der Waals surface area (Å²) in [6, 6.07) is 5.53. The van der Waals surface area contributed by atoms with Gasteiger partial charge in [0.25, 0.3) is 6.47 Å². The Labute approximate surface area is 171 Å². The molecule has 9 nitrogen and oxygen atoms in total. The number of nitrogens with zero attached hydrogens (tertiary/aromatic N) is 3. The topological polar surface area (TPSA) is 139 Å². The van der Waals surface area contributed by atoms with E-state index in [9.17, 15) is 10.1 Å². The lowest BCUT2D eigenvalue weighted by Gasteiger charge is -2.30. The summed E-state index contributed by atoms with van der Waals surface area (Å²) in [4.78, 5) is 26.3. The molecule has 2 aromatic rings. The van der Waals surface area contributed by atoms with Crippen molar-refractivity contribution in [1.82, 2.24) is 9.88 Å². The zero-order chi connectivity index (χ0) is 21.1. The van der Waals surface area contributed by atoms with Gasteiger partial charge in [-0.1, -0.05) is 11.6 Å². The maximum Gasteiger partial charge on any atom is 0.290 e. The molecule has 0 radical (unpaired) electrons. The number of hydrogen-bond acceptors (Lipinski definition) is 7. The van der Waals surface area contributed by atoms with Gasteiger partial charge in [0.1, 0.15) is 17.5 Å². The molecule has 1 aromatic heterocycles. The summed E-state index contributed by atoms with van der Waals surface area (Å²) in [5, 5.41) is 17.0. The summed E-state index contributed by atoms with van der Waals surface area (Å²) in [6.07, 6.45) is 0.569. The zero-order valence-corrected chi connectivity index (χ0v) is 16.2. The molecule has 0 spiro atoms. The Hall–Kier alpha value is -3.51. The van der Waals surface area contributed by atoms with Gasteiger partial charge in [0.05, 0.1) is 10.7 Å². The Morgan fingerprint density at radius 3 is 2.69 bits per heavy atom. The first-order valence-corrected chi connectivity index (χ1v) is 8.93. The minimum absolute atomic E-state index is 0.0336. The van der Waals surface area contributed by atoms with Gasteiger partial charge in [0.2, 0.25) is 12.7 Å². The van der Waals surface area contributed by atoms with Crippen LogP contribution < -0.4 is 15.2 Å². The van der Waals surface area contributed by atoms with Gasteiger partial charge in [-0.3, -0.25) is 9.59 Å². The predicted octanol–water partition coefficient (Wildman–Crippen LogP) is 2.19. The molecule has 0 saturated heterocycles. The van der Waals surface area contributed by atoms with E-state index in [1.807, 2.05) is 0 Å². The lowest BCUT2D eigenvalue weighted by Crippen LogP contribution is -2.35. The summed E-state index contributed by atoms with van der Waals surface area (Å²) in [5.41, 5.74) is 9.07. The Morgan fingerprint density at radius 2 is 2.07 bits per heavy atom. The average molecular weight is 417 g/mol. The number of fused-ring (bicyclic) bond motifs is 2. The molecule has 0 bridgehead atoms. The van der Waals surface area contributed by atoms with Gasteiger partial charge in [-0.25, -0.2) is 4.98 Å². The summed E-state index contributed by atoms with van der Waals surface area (Å²) in [6.45, 7) is 2.31. The van der Waals surface area contributed by atoms with Crippen LogP contribution in [0, 0.1) is 11.3 Å². The van der Waals surface area contributed by atoms with E-state index in [-0.39, 0.29) is 30.6 Å². The van der Waals surface area contributed by atoms with E-state index in [2.05, 4.69) is 11.1 Å². The van der Waals surface area contributed by atoms with Crippen LogP contribution in [0.25, 0.3) is 11.1 Å². The van der Waals surface area contributed by atoms with Gasteiger partial charge in [-0.05, 0) is 6.07 Å². The second-order valence-electron chi connectivity index (χ2n) is 6.27. The number of carbonyl (C=O) groups is 2. The highest BCUT2D eigenvalue weighted by atomic mass is 35.5. The van der Waals surface area contributed by atoms with Gasteiger partial charge in [0, 0.05) is 49.2 Å². The third-order valence-corrected chi connectivity index (χ3v) is 4.98. The third-order valence-electron chi connectivity index (χ3n) is 4.67. The largest absolute Gasteiger partial charge is 0.483 e. The fourth-order valence-corrected chi connectivity index (χ4v) is 3.62. The molecule has 3 heterocycles. The number of anilines is 1. The first kappa shape index (κ1) is 20.2. The molecular formula is C19H17ClN4O5. The van der Waals surface area contributed by atoms with Crippen molar-refractivity contribution < 1.29 is 24.2 Å². The van der Waals surface area contributed by atoms with Crippen molar-refractivity contribution in [2.45, 2.75) is 19.9 Å². The van der Waals surface area contributed by atoms with Crippen LogP contribution in [0.1, 0.15) is 23.7 Å². The number of halogens is 1. The van der Waals surface area contributed by atoms with Crippen LogP contribution in [0.15, 0.2) is 12.1 Å². The van der Waals surface area contributed by atoms with E-state index in [0.29, 0.717) is 47.2 Å². The van der Waals surface area contributed by atoms with Gasteiger partial charge in [-0.2, -0.15) is 5.26 Å². The molecule has 1 aromatic carbocycles. The fraction of sp³-hybridized carbons (Fsp3) is 0.263. The number of ether oxygens (including phenoxy) is 2. The van der Waals surface area contributed by atoms with Crippen LogP contribution in [-0.4, -0.2) is 40.7 Å². The number of nitriles is 1. The number of hydrogen-bond donors (Lipinski definition) is 2. The second-order valence-corrected chi connectivity index (χ2v) is 6.67. The fourth-order valence-electron chi connectivity index (χ4n) is 3.37. The highest BCUT2D eigenvalue weighted by Gasteiger charge is 2.28. The van der Waals surface area contributed by atoms with Crippen molar-refractivity contribution in [1.29, 1.82) is 5.26 Å².